The van der Waals surface area contributed by atoms with Crippen LogP contribution in [0.3, 0.4) is 0 Å². The van der Waals surface area contributed by atoms with E-state index in [9.17, 15) is 4.79 Å². The van der Waals surface area contributed by atoms with Crippen LogP contribution in [-0.2, 0) is 25.6 Å². The van der Waals surface area contributed by atoms with Gasteiger partial charge in [-0.2, -0.15) is 0 Å². The van der Waals surface area contributed by atoms with E-state index in [1.54, 1.807) is 26.2 Å². The van der Waals surface area contributed by atoms with Crippen LogP contribution >= 0.6 is 0 Å². The molecule has 1 aromatic heterocycles. The van der Waals surface area contributed by atoms with Crippen LogP contribution < -0.4 is 0 Å². The molecule has 1 heterocycles. The molecule has 0 N–H and O–H groups in total. The predicted molar refractivity (Wildman–Crippen MR) is 60.1 cm³/mol. The van der Waals surface area contributed by atoms with Gasteiger partial charge in [0.1, 0.15) is 24.2 Å². The summed E-state index contributed by atoms with van der Waals surface area (Å²) in [6.45, 7) is 5.17. The Hall–Kier alpha value is -1.33. The lowest BCUT2D eigenvalue weighted by molar-refractivity contribution is -0.146. The number of ether oxygens (including phenoxy) is 3. The minimum atomic E-state index is -0.333. The molecule has 1 aromatic rings. The first-order valence-corrected chi connectivity index (χ1v) is 5.43. The Morgan fingerprint density at radius 1 is 1.41 bits per heavy atom. The number of hydrogen-bond acceptors (Lipinski definition) is 5. The van der Waals surface area contributed by atoms with Crippen molar-refractivity contribution in [2.24, 2.45) is 0 Å². The van der Waals surface area contributed by atoms with Crippen LogP contribution in [0.5, 0.6) is 0 Å². The normalized spacial score (nSPS) is 14.4. The minimum Gasteiger partial charge on any atom is -0.460 e. The second kappa shape index (κ2) is 6.42. The average molecular weight is 242 g/mol. The molecular weight excluding hydrogens is 224 g/mol. The molecule has 5 heteroatoms. The second-order valence-electron chi connectivity index (χ2n) is 3.67. The lowest BCUT2D eigenvalue weighted by Crippen LogP contribution is -2.12. The zero-order chi connectivity index (χ0) is 12.8. The molecule has 0 aliphatic rings. The Balaban J connectivity index is 2.51. The van der Waals surface area contributed by atoms with Gasteiger partial charge in [0.25, 0.3) is 0 Å². The van der Waals surface area contributed by atoms with E-state index in [-0.39, 0.29) is 25.0 Å². The SMILES string of the molecule is COC(C)OC(C)c1ccc(COC(C)=O)o1. The first-order valence-electron chi connectivity index (χ1n) is 5.43. The van der Waals surface area contributed by atoms with Crippen molar-refractivity contribution in [3.8, 4) is 0 Å². The third-order valence-electron chi connectivity index (χ3n) is 2.23. The fourth-order valence-electron chi connectivity index (χ4n) is 1.27. The number of furan rings is 1. The molecule has 0 spiro atoms. The van der Waals surface area contributed by atoms with Crippen LogP contribution in [0.15, 0.2) is 16.5 Å². The Bertz CT molecular complexity index is 358. The summed E-state index contributed by atoms with van der Waals surface area (Å²) >= 11 is 0. The molecule has 5 nitrogen and oxygen atoms in total. The van der Waals surface area contributed by atoms with Crippen molar-refractivity contribution in [2.45, 2.75) is 39.8 Å². The van der Waals surface area contributed by atoms with Crippen molar-refractivity contribution in [3.05, 3.63) is 23.7 Å². The van der Waals surface area contributed by atoms with Gasteiger partial charge in [-0.3, -0.25) is 4.79 Å². The topological polar surface area (TPSA) is 57.9 Å². The van der Waals surface area contributed by atoms with Gasteiger partial charge >= 0.3 is 5.97 Å². The highest BCUT2D eigenvalue weighted by molar-refractivity contribution is 5.65. The lowest BCUT2D eigenvalue weighted by atomic mass is 10.3. The van der Waals surface area contributed by atoms with E-state index in [1.165, 1.54) is 6.92 Å². The number of rotatable bonds is 6. The highest BCUT2D eigenvalue weighted by Crippen LogP contribution is 2.21. The van der Waals surface area contributed by atoms with Crippen LogP contribution in [0, 0.1) is 0 Å². The number of carbonyl (C=O) groups is 1. The molecule has 0 aromatic carbocycles. The number of esters is 1. The third kappa shape index (κ3) is 4.58. The van der Waals surface area contributed by atoms with Gasteiger partial charge in [0.2, 0.25) is 0 Å². The van der Waals surface area contributed by atoms with E-state index in [0.717, 1.165) is 0 Å². The van der Waals surface area contributed by atoms with Gasteiger partial charge in [0.15, 0.2) is 6.29 Å². The fraction of sp³-hybridized carbons (Fsp3) is 0.583. The predicted octanol–water partition coefficient (Wildman–Crippen LogP) is 2.41. The van der Waals surface area contributed by atoms with Crippen LogP contribution in [0.4, 0.5) is 0 Å². The third-order valence-corrected chi connectivity index (χ3v) is 2.23. The number of hydrogen-bond donors (Lipinski definition) is 0. The van der Waals surface area contributed by atoms with E-state index in [2.05, 4.69) is 0 Å². The van der Waals surface area contributed by atoms with Gasteiger partial charge in [-0.1, -0.05) is 0 Å². The standard InChI is InChI=1S/C12H18O5/c1-8(16-10(3)14-4)12-6-5-11(17-12)7-15-9(2)13/h5-6,8,10H,7H2,1-4H3. The van der Waals surface area contributed by atoms with Gasteiger partial charge in [-0.05, 0) is 26.0 Å². The second-order valence-corrected chi connectivity index (χ2v) is 3.67. The maximum atomic E-state index is 10.6. The summed E-state index contributed by atoms with van der Waals surface area (Å²) in [5.41, 5.74) is 0. The maximum absolute atomic E-state index is 10.6. The zero-order valence-electron chi connectivity index (χ0n) is 10.6. The average Bonchev–Trinajstić information content (AvgIpc) is 2.74. The summed E-state index contributed by atoms with van der Waals surface area (Å²) in [4.78, 5) is 10.6. The summed E-state index contributed by atoms with van der Waals surface area (Å²) in [6, 6.07) is 3.56. The fourth-order valence-corrected chi connectivity index (χ4v) is 1.27. The van der Waals surface area contributed by atoms with Crippen LogP contribution in [0.1, 0.15) is 38.4 Å². The van der Waals surface area contributed by atoms with Crippen LogP contribution in [-0.4, -0.2) is 19.4 Å². The molecule has 0 fully saturated rings. The van der Waals surface area contributed by atoms with Crippen molar-refractivity contribution in [3.63, 3.8) is 0 Å². The molecule has 1 rings (SSSR count). The largest absolute Gasteiger partial charge is 0.460 e. The summed E-state index contributed by atoms with van der Waals surface area (Å²) in [7, 11) is 1.58. The molecule has 0 saturated carbocycles. The Kier molecular flexibility index (Phi) is 5.18. The van der Waals surface area contributed by atoms with Crippen molar-refractivity contribution in [1.82, 2.24) is 0 Å². The molecule has 0 radical (unpaired) electrons. The van der Waals surface area contributed by atoms with E-state index in [1.807, 2.05) is 6.92 Å². The first kappa shape index (κ1) is 13.7. The van der Waals surface area contributed by atoms with Gasteiger partial charge in [0, 0.05) is 14.0 Å². The van der Waals surface area contributed by atoms with Crippen molar-refractivity contribution in [1.29, 1.82) is 0 Å². The van der Waals surface area contributed by atoms with Gasteiger partial charge in [-0.15, -0.1) is 0 Å². The van der Waals surface area contributed by atoms with Crippen molar-refractivity contribution < 1.29 is 23.4 Å². The Morgan fingerprint density at radius 2 is 2.12 bits per heavy atom. The molecule has 0 saturated heterocycles. The molecular formula is C12H18O5. The Labute approximate surface area is 101 Å². The zero-order valence-corrected chi connectivity index (χ0v) is 10.6. The summed E-state index contributed by atoms with van der Waals surface area (Å²) in [5.74, 6) is 0.937. The molecule has 2 unspecified atom stereocenters. The van der Waals surface area contributed by atoms with Gasteiger partial charge in [0.05, 0.1) is 0 Å². The highest BCUT2D eigenvalue weighted by Gasteiger charge is 2.14. The minimum absolute atomic E-state index is 0.141. The van der Waals surface area contributed by atoms with Crippen LogP contribution in [0.25, 0.3) is 0 Å². The first-order chi connectivity index (χ1) is 8.02. The monoisotopic (exact) mass is 242 g/mol. The maximum Gasteiger partial charge on any atom is 0.303 e. The van der Waals surface area contributed by atoms with E-state index in [4.69, 9.17) is 18.6 Å². The number of carbonyl (C=O) groups excluding carboxylic acids is 1. The summed E-state index contributed by atoms with van der Waals surface area (Å²) in [5, 5.41) is 0. The molecule has 0 bridgehead atoms. The summed E-state index contributed by atoms with van der Waals surface area (Å²) < 4.78 is 20.8. The van der Waals surface area contributed by atoms with Crippen molar-refractivity contribution in [2.75, 3.05) is 7.11 Å². The number of methoxy groups -OCH3 is 1. The lowest BCUT2D eigenvalue weighted by Gasteiger charge is -2.15. The van der Waals surface area contributed by atoms with E-state index < -0.39 is 0 Å². The molecule has 0 aliphatic carbocycles. The van der Waals surface area contributed by atoms with E-state index in [0.29, 0.717) is 11.5 Å². The quantitative estimate of drug-likeness (QED) is 0.566. The Morgan fingerprint density at radius 3 is 2.71 bits per heavy atom. The van der Waals surface area contributed by atoms with E-state index >= 15 is 0 Å². The summed E-state index contributed by atoms with van der Waals surface area (Å²) in [6.07, 6.45) is -0.511. The molecule has 96 valence electrons. The van der Waals surface area contributed by atoms with Gasteiger partial charge < -0.3 is 18.6 Å². The molecule has 2 atom stereocenters. The molecule has 0 amide bonds. The highest BCUT2D eigenvalue weighted by atomic mass is 16.7. The van der Waals surface area contributed by atoms with Gasteiger partial charge in [-0.25, -0.2) is 0 Å². The van der Waals surface area contributed by atoms with Crippen LogP contribution in [0.2, 0.25) is 0 Å². The molecule has 17 heavy (non-hydrogen) atoms. The van der Waals surface area contributed by atoms with Crippen molar-refractivity contribution >= 4 is 5.97 Å². The smallest absolute Gasteiger partial charge is 0.303 e. The molecule has 0 aliphatic heterocycles.